The molecule has 0 aliphatic heterocycles. The van der Waals surface area contributed by atoms with Crippen molar-refractivity contribution in [1.82, 2.24) is 0 Å². The molecule has 0 saturated carbocycles. The predicted octanol–water partition coefficient (Wildman–Crippen LogP) is 5.67. The van der Waals surface area contributed by atoms with Crippen molar-refractivity contribution in [3.8, 4) is 5.75 Å². The van der Waals surface area contributed by atoms with Crippen molar-refractivity contribution in [1.29, 1.82) is 0 Å². The molecule has 1 aromatic rings. The fourth-order valence-electron chi connectivity index (χ4n) is 2.96. The van der Waals surface area contributed by atoms with Crippen LogP contribution in [0, 0.1) is 5.92 Å². The summed E-state index contributed by atoms with van der Waals surface area (Å²) in [5.74, 6) is -0.0370. The number of carbonyl (C=O) groups excluding carboxylic acids is 2. The number of hydrogen-bond acceptors (Lipinski definition) is 4. The maximum atomic E-state index is 12.2. The standard InChI is InChI=1S/C22H35NO4/c1-17(2)12-10-8-6-4-5-7-9-11-15-27-22(26)20-16-19(25)13-14-21(20)23-18(3)24/h13-14,16-17,25H,4-12,15H2,1-3H3,(H,23,24). The number of phenolic OH excluding ortho intramolecular Hbond substituents is 1. The fraction of sp³-hybridized carbons (Fsp3) is 0.636. The van der Waals surface area contributed by atoms with E-state index in [0.717, 1.165) is 25.2 Å². The Hall–Kier alpha value is -2.04. The lowest BCUT2D eigenvalue weighted by Gasteiger charge is -2.10. The maximum Gasteiger partial charge on any atom is 0.340 e. The van der Waals surface area contributed by atoms with Gasteiger partial charge in [0.15, 0.2) is 0 Å². The Morgan fingerprint density at radius 3 is 2.19 bits per heavy atom. The van der Waals surface area contributed by atoms with Crippen LogP contribution in [0.4, 0.5) is 5.69 Å². The molecule has 0 aliphatic rings. The van der Waals surface area contributed by atoms with Crippen molar-refractivity contribution >= 4 is 17.6 Å². The second-order valence-corrected chi connectivity index (χ2v) is 7.56. The topological polar surface area (TPSA) is 75.6 Å². The van der Waals surface area contributed by atoms with Crippen molar-refractivity contribution < 1.29 is 19.4 Å². The minimum Gasteiger partial charge on any atom is -0.508 e. The molecule has 0 heterocycles. The second kappa shape index (κ2) is 13.2. The van der Waals surface area contributed by atoms with Crippen LogP contribution in [0.25, 0.3) is 0 Å². The summed E-state index contributed by atoms with van der Waals surface area (Å²) in [5.41, 5.74) is 0.523. The Kier molecular flexibility index (Phi) is 11.2. The third-order valence-electron chi connectivity index (χ3n) is 4.44. The highest BCUT2D eigenvalue weighted by Gasteiger charge is 2.14. The van der Waals surface area contributed by atoms with E-state index in [9.17, 15) is 14.7 Å². The zero-order valence-corrected chi connectivity index (χ0v) is 17.1. The quantitative estimate of drug-likeness (QED) is 0.264. The van der Waals surface area contributed by atoms with Gasteiger partial charge in [-0.3, -0.25) is 4.79 Å². The van der Waals surface area contributed by atoms with Gasteiger partial charge in [0.05, 0.1) is 17.9 Å². The van der Waals surface area contributed by atoms with Gasteiger partial charge in [0.2, 0.25) is 5.91 Å². The molecule has 0 fully saturated rings. The number of rotatable bonds is 13. The monoisotopic (exact) mass is 377 g/mol. The van der Waals surface area contributed by atoms with Crippen molar-refractivity contribution in [3.05, 3.63) is 23.8 Å². The summed E-state index contributed by atoms with van der Waals surface area (Å²) < 4.78 is 5.29. The van der Waals surface area contributed by atoms with Crippen LogP contribution in [-0.4, -0.2) is 23.6 Å². The molecule has 1 rings (SSSR count). The van der Waals surface area contributed by atoms with Gasteiger partial charge in [-0.1, -0.05) is 65.2 Å². The van der Waals surface area contributed by atoms with E-state index in [-0.39, 0.29) is 17.2 Å². The van der Waals surface area contributed by atoms with Gasteiger partial charge in [-0.15, -0.1) is 0 Å². The normalized spacial score (nSPS) is 10.8. The summed E-state index contributed by atoms with van der Waals surface area (Å²) in [5, 5.41) is 12.1. The Bertz CT molecular complexity index is 584. The molecule has 0 bridgehead atoms. The van der Waals surface area contributed by atoms with E-state index in [2.05, 4.69) is 19.2 Å². The molecule has 0 aromatic heterocycles. The zero-order chi connectivity index (χ0) is 20.1. The van der Waals surface area contributed by atoms with Crippen LogP contribution in [-0.2, 0) is 9.53 Å². The summed E-state index contributed by atoms with van der Waals surface area (Å²) in [6, 6.07) is 4.23. The van der Waals surface area contributed by atoms with Crippen LogP contribution >= 0.6 is 0 Å². The number of anilines is 1. The number of ether oxygens (including phenoxy) is 1. The summed E-state index contributed by atoms with van der Waals surface area (Å²) in [4.78, 5) is 23.4. The van der Waals surface area contributed by atoms with E-state index in [0.29, 0.717) is 12.3 Å². The molecule has 0 radical (unpaired) electrons. The molecule has 1 aromatic carbocycles. The first kappa shape index (κ1) is 23.0. The molecule has 0 saturated heterocycles. The van der Waals surface area contributed by atoms with Gasteiger partial charge in [0.25, 0.3) is 0 Å². The van der Waals surface area contributed by atoms with Gasteiger partial charge in [-0.25, -0.2) is 4.79 Å². The van der Waals surface area contributed by atoms with E-state index in [1.807, 2.05) is 0 Å². The second-order valence-electron chi connectivity index (χ2n) is 7.56. The number of phenols is 1. The molecule has 0 spiro atoms. The lowest BCUT2D eigenvalue weighted by atomic mass is 10.0. The smallest absolute Gasteiger partial charge is 0.340 e. The van der Waals surface area contributed by atoms with E-state index in [4.69, 9.17) is 4.74 Å². The first-order valence-corrected chi connectivity index (χ1v) is 10.2. The van der Waals surface area contributed by atoms with E-state index in [1.165, 1.54) is 63.6 Å². The molecule has 1 amide bonds. The number of amides is 1. The zero-order valence-electron chi connectivity index (χ0n) is 17.1. The highest BCUT2D eigenvalue weighted by molar-refractivity contribution is 6.01. The van der Waals surface area contributed by atoms with Gasteiger partial charge < -0.3 is 15.2 Å². The maximum absolute atomic E-state index is 12.2. The largest absolute Gasteiger partial charge is 0.508 e. The minimum atomic E-state index is -0.528. The number of nitrogens with one attached hydrogen (secondary N) is 1. The average Bonchev–Trinajstić information content (AvgIpc) is 2.60. The molecule has 5 heteroatoms. The van der Waals surface area contributed by atoms with Crippen molar-refractivity contribution in [2.45, 2.75) is 78.6 Å². The highest BCUT2D eigenvalue weighted by atomic mass is 16.5. The van der Waals surface area contributed by atoms with Gasteiger partial charge >= 0.3 is 5.97 Å². The van der Waals surface area contributed by atoms with Gasteiger partial charge in [0, 0.05) is 6.92 Å². The summed E-state index contributed by atoms with van der Waals surface area (Å²) in [7, 11) is 0. The molecule has 152 valence electrons. The van der Waals surface area contributed by atoms with E-state index >= 15 is 0 Å². The number of esters is 1. The number of benzene rings is 1. The van der Waals surface area contributed by atoms with E-state index in [1.54, 1.807) is 0 Å². The van der Waals surface area contributed by atoms with Crippen LogP contribution in [0.15, 0.2) is 18.2 Å². The Balaban J connectivity index is 2.17. The Morgan fingerprint density at radius 2 is 1.59 bits per heavy atom. The highest BCUT2D eigenvalue weighted by Crippen LogP contribution is 2.22. The Morgan fingerprint density at radius 1 is 1.00 bits per heavy atom. The Labute approximate surface area is 163 Å². The van der Waals surface area contributed by atoms with Gasteiger partial charge in [-0.2, -0.15) is 0 Å². The van der Waals surface area contributed by atoms with Gasteiger partial charge in [-0.05, 0) is 30.5 Å². The van der Waals surface area contributed by atoms with Crippen LogP contribution in [0.3, 0.4) is 0 Å². The van der Waals surface area contributed by atoms with Crippen LogP contribution in [0.2, 0.25) is 0 Å². The first-order chi connectivity index (χ1) is 12.9. The van der Waals surface area contributed by atoms with Gasteiger partial charge in [0.1, 0.15) is 5.75 Å². The summed E-state index contributed by atoms with van der Waals surface area (Å²) >= 11 is 0. The average molecular weight is 378 g/mol. The minimum absolute atomic E-state index is 0.0375. The van der Waals surface area contributed by atoms with Crippen LogP contribution in [0.5, 0.6) is 5.75 Å². The van der Waals surface area contributed by atoms with Crippen LogP contribution < -0.4 is 5.32 Å². The predicted molar refractivity (Wildman–Crippen MR) is 109 cm³/mol. The molecular formula is C22H35NO4. The summed E-state index contributed by atoms with van der Waals surface area (Å²) in [6.07, 6.45) is 10.8. The molecule has 0 atom stereocenters. The number of unbranched alkanes of at least 4 members (excludes halogenated alkanes) is 7. The third kappa shape index (κ3) is 10.6. The fourth-order valence-corrected chi connectivity index (χ4v) is 2.96. The molecule has 27 heavy (non-hydrogen) atoms. The lowest BCUT2D eigenvalue weighted by Crippen LogP contribution is -2.13. The van der Waals surface area contributed by atoms with Crippen LogP contribution in [0.1, 0.15) is 88.9 Å². The van der Waals surface area contributed by atoms with Crippen molar-refractivity contribution in [2.75, 3.05) is 11.9 Å². The van der Waals surface area contributed by atoms with Crippen molar-refractivity contribution in [3.63, 3.8) is 0 Å². The molecule has 0 aliphatic carbocycles. The lowest BCUT2D eigenvalue weighted by molar-refractivity contribution is -0.114. The number of hydrogen-bond donors (Lipinski definition) is 2. The van der Waals surface area contributed by atoms with E-state index < -0.39 is 5.97 Å². The molecular weight excluding hydrogens is 342 g/mol. The first-order valence-electron chi connectivity index (χ1n) is 10.2. The third-order valence-corrected chi connectivity index (χ3v) is 4.44. The molecule has 2 N–H and O–H groups in total. The van der Waals surface area contributed by atoms with Crippen molar-refractivity contribution in [2.24, 2.45) is 5.92 Å². The SMILES string of the molecule is CC(=O)Nc1ccc(O)cc1C(=O)OCCCCCCCCCCC(C)C. The number of carbonyl (C=O) groups is 2. The summed E-state index contributed by atoms with van der Waals surface area (Å²) in [6.45, 7) is 6.26. The molecule has 0 unspecified atom stereocenters. The number of aromatic hydroxyl groups is 1. The molecule has 5 nitrogen and oxygen atoms in total.